The van der Waals surface area contributed by atoms with Crippen LogP contribution in [0.4, 0.5) is 18.7 Å². The molecule has 1 fully saturated rings. The molecular formula is C31H32F2N4O8S2. The SMILES string of the molecule is COc1ccc(C2CCN(C(=O)O)CC2COc2cc(F)c(S(=O)(=O)N(Cc3ccc(OC)cc3OC)c3ncns3)cc2F)cc1. The van der Waals surface area contributed by atoms with Gasteiger partial charge in [-0.15, -0.1) is 0 Å². The van der Waals surface area contributed by atoms with E-state index in [4.69, 9.17) is 18.9 Å². The van der Waals surface area contributed by atoms with Crippen LogP contribution >= 0.6 is 11.5 Å². The fourth-order valence-corrected chi connectivity index (χ4v) is 7.66. The van der Waals surface area contributed by atoms with E-state index < -0.39 is 44.3 Å². The fraction of sp³-hybridized carbons (Fsp3) is 0.323. The largest absolute Gasteiger partial charge is 0.497 e. The van der Waals surface area contributed by atoms with E-state index in [-0.39, 0.29) is 30.7 Å². The van der Waals surface area contributed by atoms with Gasteiger partial charge in [0.2, 0.25) is 5.13 Å². The molecule has 0 saturated carbocycles. The number of sulfonamides is 1. The molecule has 1 amide bonds. The molecule has 3 aromatic carbocycles. The van der Waals surface area contributed by atoms with Crippen molar-refractivity contribution in [1.82, 2.24) is 14.3 Å². The van der Waals surface area contributed by atoms with E-state index in [0.29, 0.717) is 47.9 Å². The van der Waals surface area contributed by atoms with Crippen molar-refractivity contribution in [3.8, 4) is 23.0 Å². The molecule has 0 radical (unpaired) electrons. The highest BCUT2D eigenvalue weighted by molar-refractivity contribution is 7.93. The molecule has 250 valence electrons. The topological polar surface area (TPSA) is 141 Å². The first-order valence-electron chi connectivity index (χ1n) is 14.3. The minimum absolute atomic E-state index is 0.0761. The zero-order valence-electron chi connectivity index (χ0n) is 25.6. The van der Waals surface area contributed by atoms with Gasteiger partial charge in [-0.3, -0.25) is 0 Å². The minimum atomic E-state index is -4.73. The summed E-state index contributed by atoms with van der Waals surface area (Å²) in [6, 6.07) is 13.3. The molecule has 1 N–H and O–H groups in total. The Balaban J connectivity index is 1.41. The third-order valence-electron chi connectivity index (χ3n) is 7.93. The maximum Gasteiger partial charge on any atom is 0.407 e. The Bertz CT molecular complexity index is 1810. The van der Waals surface area contributed by atoms with Gasteiger partial charge in [-0.25, -0.2) is 31.3 Å². The van der Waals surface area contributed by atoms with Crippen LogP contribution < -0.4 is 23.3 Å². The number of nitrogens with zero attached hydrogens (tertiary/aromatic N) is 4. The van der Waals surface area contributed by atoms with Gasteiger partial charge in [0.15, 0.2) is 11.6 Å². The predicted molar refractivity (Wildman–Crippen MR) is 168 cm³/mol. The molecular weight excluding hydrogens is 658 g/mol. The van der Waals surface area contributed by atoms with Crippen LogP contribution in [-0.2, 0) is 16.6 Å². The highest BCUT2D eigenvalue weighted by Gasteiger charge is 2.35. The van der Waals surface area contributed by atoms with Gasteiger partial charge < -0.3 is 29.0 Å². The lowest BCUT2D eigenvalue weighted by Gasteiger charge is -2.37. The number of ether oxygens (including phenoxy) is 4. The van der Waals surface area contributed by atoms with E-state index in [9.17, 15) is 18.3 Å². The van der Waals surface area contributed by atoms with Gasteiger partial charge in [-0.05, 0) is 42.2 Å². The van der Waals surface area contributed by atoms with Crippen LogP contribution in [-0.4, -0.2) is 74.9 Å². The number of methoxy groups -OCH3 is 3. The summed E-state index contributed by atoms with van der Waals surface area (Å²) in [6.45, 7) is -0.0879. The van der Waals surface area contributed by atoms with Crippen LogP contribution in [0.5, 0.6) is 23.0 Å². The van der Waals surface area contributed by atoms with Crippen molar-refractivity contribution < 1.29 is 46.0 Å². The quantitative estimate of drug-likeness (QED) is 0.206. The van der Waals surface area contributed by atoms with Crippen molar-refractivity contribution in [3.05, 3.63) is 83.7 Å². The molecule has 1 saturated heterocycles. The molecule has 2 unspecified atom stereocenters. The van der Waals surface area contributed by atoms with Gasteiger partial charge in [-0.1, -0.05) is 12.1 Å². The number of halogens is 2. The molecule has 2 atom stereocenters. The number of hydrogen-bond donors (Lipinski definition) is 1. The third kappa shape index (κ3) is 7.33. The molecule has 4 aromatic rings. The lowest BCUT2D eigenvalue weighted by molar-refractivity contribution is 0.0927. The molecule has 0 spiro atoms. The number of amides is 1. The van der Waals surface area contributed by atoms with Gasteiger partial charge in [-0.2, -0.15) is 4.37 Å². The van der Waals surface area contributed by atoms with Crippen LogP contribution in [0.15, 0.2) is 65.8 Å². The fourth-order valence-electron chi connectivity index (χ4n) is 5.47. The smallest absolute Gasteiger partial charge is 0.407 e. The van der Waals surface area contributed by atoms with Crippen molar-refractivity contribution in [2.24, 2.45) is 5.92 Å². The van der Waals surface area contributed by atoms with Gasteiger partial charge >= 0.3 is 6.09 Å². The van der Waals surface area contributed by atoms with E-state index in [1.807, 2.05) is 12.1 Å². The maximum atomic E-state index is 15.6. The van der Waals surface area contributed by atoms with Crippen LogP contribution in [0.3, 0.4) is 0 Å². The maximum absolute atomic E-state index is 15.6. The molecule has 1 aromatic heterocycles. The number of likely N-dealkylation sites (tertiary alicyclic amines) is 1. The second-order valence-electron chi connectivity index (χ2n) is 10.6. The highest BCUT2D eigenvalue weighted by atomic mass is 32.2. The van der Waals surface area contributed by atoms with Crippen LogP contribution in [0.25, 0.3) is 0 Å². The minimum Gasteiger partial charge on any atom is -0.497 e. The summed E-state index contributed by atoms with van der Waals surface area (Å²) in [5.74, 6) is -1.99. The number of aromatic nitrogens is 2. The average Bonchev–Trinajstić information content (AvgIpc) is 3.61. The van der Waals surface area contributed by atoms with Gasteiger partial charge in [0, 0.05) is 54.3 Å². The number of hydrogen-bond acceptors (Lipinski definition) is 10. The number of rotatable bonds is 12. The van der Waals surface area contributed by atoms with E-state index in [0.717, 1.165) is 27.7 Å². The summed E-state index contributed by atoms with van der Waals surface area (Å²) in [7, 11) is -0.312. The first-order valence-corrected chi connectivity index (χ1v) is 16.5. The van der Waals surface area contributed by atoms with Crippen molar-refractivity contribution in [3.63, 3.8) is 0 Å². The van der Waals surface area contributed by atoms with Gasteiger partial charge in [0.25, 0.3) is 10.0 Å². The molecule has 16 heteroatoms. The Morgan fingerprint density at radius 1 is 1.00 bits per heavy atom. The van der Waals surface area contributed by atoms with E-state index in [1.54, 1.807) is 37.4 Å². The van der Waals surface area contributed by atoms with Crippen molar-refractivity contribution in [1.29, 1.82) is 0 Å². The molecule has 0 aliphatic carbocycles. The standard InChI is InChI=1S/C31H32F2N4O8S2/c1-42-22-7-4-19(5-8-22)24-10-11-36(31(38)39)15-21(24)17-45-28-13-26(33)29(14-25(28)32)47(40,41)37(30-34-18-35-46-30)16-20-6-9-23(43-2)12-27(20)44-3/h4-9,12-14,18,21,24H,10-11,15-17H2,1-3H3,(H,38,39). The summed E-state index contributed by atoms with van der Waals surface area (Å²) in [5.41, 5.74) is 1.32. The Kier molecular flexibility index (Phi) is 10.3. The lowest BCUT2D eigenvalue weighted by Crippen LogP contribution is -2.44. The normalized spacial score (nSPS) is 16.4. The monoisotopic (exact) mass is 690 g/mol. The molecule has 12 nitrogen and oxygen atoms in total. The Morgan fingerprint density at radius 2 is 1.72 bits per heavy atom. The second kappa shape index (κ2) is 14.4. The zero-order chi connectivity index (χ0) is 33.7. The Labute approximate surface area is 274 Å². The van der Waals surface area contributed by atoms with Crippen molar-refractivity contribution in [2.45, 2.75) is 23.8 Å². The van der Waals surface area contributed by atoms with E-state index >= 15 is 8.78 Å². The van der Waals surface area contributed by atoms with Crippen LogP contribution in [0.2, 0.25) is 0 Å². The van der Waals surface area contributed by atoms with Crippen molar-refractivity contribution in [2.75, 3.05) is 45.3 Å². The van der Waals surface area contributed by atoms with E-state index in [2.05, 4.69) is 9.36 Å². The molecule has 5 rings (SSSR count). The second-order valence-corrected chi connectivity index (χ2v) is 13.2. The number of carboxylic acid groups (broad SMARTS) is 1. The Morgan fingerprint density at radius 3 is 2.36 bits per heavy atom. The number of benzene rings is 3. The molecule has 47 heavy (non-hydrogen) atoms. The highest BCUT2D eigenvalue weighted by Crippen LogP contribution is 2.37. The van der Waals surface area contributed by atoms with Gasteiger partial charge in [0.1, 0.15) is 34.3 Å². The molecule has 2 heterocycles. The van der Waals surface area contributed by atoms with Crippen LogP contribution in [0, 0.1) is 17.6 Å². The molecule has 0 bridgehead atoms. The van der Waals surface area contributed by atoms with Gasteiger partial charge in [0.05, 0.1) is 34.5 Å². The molecule has 1 aliphatic heterocycles. The summed E-state index contributed by atoms with van der Waals surface area (Å²) in [4.78, 5) is 16.0. The zero-order valence-corrected chi connectivity index (χ0v) is 27.3. The molecule has 1 aliphatic rings. The number of carbonyl (C=O) groups is 1. The summed E-state index contributed by atoms with van der Waals surface area (Å²) < 4.78 is 85.1. The van der Waals surface area contributed by atoms with E-state index in [1.165, 1.54) is 19.1 Å². The Hall–Kier alpha value is -4.70. The first kappa shape index (κ1) is 33.7. The number of piperidine rings is 1. The average molecular weight is 691 g/mol. The van der Waals surface area contributed by atoms with Crippen molar-refractivity contribution >= 4 is 32.8 Å². The predicted octanol–water partition coefficient (Wildman–Crippen LogP) is 5.40. The summed E-state index contributed by atoms with van der Waals surface area (Å²) >= 11 is 0.759. The number of anilines is 1. The van der Waals surface area contributed by atoms with Crippen LogP contribution in [0.1, 0.15) is 23.5 Å². The summed E-state index contributed by atoms with van der Waals surface area (Å²) in [5, 5.41) is 9.51. The third-order valence-corrected chi connectivity index (χ3v) is 10.5. The first-order chi connectivity index (χ1) is 22.5. The summed E-state index contributed by atoms with van der Waals surface area (Å²) in [6.07, 6.45) is 0.542. The lowest BCUT2D eigenvalue weighted by atomic mass is 9.81.